The minimum absolute atomic E-state index is 0.643. The van der Waals surface area contributed by atoms with Crippen LogP contribution in [0.25, 0.3) is 0 Å². The monoisotopic (exact) mass is 377 g/mol. The van der Waals surface area contributed by atoms with Crippen LogP contribution in [-0.2, 0) is 0 Å². The Morgan fingerprint density at radius 1 is 1.32 bits per heavy atom. The third kappa shape index (κ3) is 3.75. The zero-order chi connectivity index (χ0) is 13.8. The molecule has 100 valence electrons. The second-order valence-electron chi connectivity index (χ2n) is 3.55. The van der Waals surface area contributed by atoms with Crippen LogP contribution >= 0.6 is 50.9 Å². The Kier molecular flexibility index (Phi) is 5.33. The van der Waals surface area contributed by atoms with E-state index in [0.717, 1.165) is 26.8 Å². The molecule has 19 heavy (non-hydrogen) atoms. The number of nitrogens with zero attached hydrogens (tertiary/aromatic N) is 2. The molecule has 0 spiro atoms. The van der Waals surface area contributed by atoms with Crippen LogP contribution in [0.5, 0.6) is 0 Å². The van der Waals surface area contributed by atoms with Gasteiger partial charge < -0.3 is 5.32 Å². The first-order valence-corrected chi connectivity index (χ1v) is 7.85. The van der Waals surface area contributed by atoms with Gasteiger partial charge in [0.25, 0.3) is 0 Å². The number of anilines is 1. The standard InChI is InChI=1S/C12H10BrCl2N3S/c1-2-16-11-10(13)12(18-6-17-11)19-9-5-7(14)3-4-8(9)15/h3-6H,2H2,1H3,(H,16,17,18). The zero-order valence-electron chi connectivity index (χ0n) is 9.95. The third-order valence-electron chi connectivity index (χ3n) is 2.20. The van der Waals surface area contributed by atoms with E-state index in [1.165, 1.54) is 18.1 Å². The molecule has 7 heteroatoms. The van der Waals surface area contributed by atoms with E-state index in [2.05, 4.69) is 31.2 Å². The van der Waals surface area contributed by atoms with Gasteiger partial charge in [0.1, 0.15) is 17.2 Å². The van der Waals surface area contributed by atoms with E-state index in [9.17, 15) is 0 Å². The summed E-state index contributed by atoms with van der Waals surface area (Å²) in [5, 5.41) is 5.23. The number of halogens is 3. The molecule has 1 N–H and O–H groups in total. The molecule has 0 amide bonds. The SMILES string of the molecule is CCNc1ncnc(Sc2cc(Cl)ccc2Cl)c1Br. The smallest absolute Gasteiger partial charge is 0.144 e. The largest absolute Gasteiger partial charge is 0.369 e. The van der Waals surface area contributed by atoms with Crippen molar-refractivity contribution in [2.75, 3.05) is 11.9 Å². The lowest BCUT2D eigenvalue weighted by Gasteiger charge is -2.09. The Morgan fingerprint density at radius 2 is 2.11 bits per heavy atom. The Hall–Kier alpha value is -0.490. The van der Waals surface area contributed by atoms with Crippen molar-refractivity contribution in [1.29, 1.82) is 0 Å². The Morgan fingerprint density at radius 3 is 2.84 bits per heavy atom. The first kappa shape index (κ1) is 14.9. The number of hydrogen-bond acceptors (Lipinski definition) is 4. The van der Waals surface area contributed by atoms with E-state index in [-0.39, 0.29) is 0 Å². The van der Waals surface area contributed by atoms with Crippen LogP contribution in [0.4, 0.5) is 5.82 Å². The Bertz CT molecular complexity index is 595. The van der Waals surface area contributed by atoms with Gasteiger partial charge in [-0.1, -0.05) is 35.0 Å². The quantitative estimate of drug-likeness (QED) is 0.748. The summed E-state index contributed by atoms with van der Waals surface area (Å²) in [7, 11) is 0. The molecule has 1 heterocycles. The van der Waals surface area contributed by atoms with Crippen LogP contribution < -0.4 is 5.32 Å². The highest BCUT2D eigenvalue weighted by Crippen LogP contribution is 2.38. The van der Waals surface area contributed by atoms with Crippen molar-refractivity contribution >= 4 is 56.7 Å². The lowest BCUT2D eigenvalue weighted by atomic mass is 10.4. The molecule has 0 aliphatic carbocycles. The van der Waals surface area contributed by atoms with Gasteiger partial charge in [-0.05, 0) is 41.1 Å². The molecule has 0 radical (unpaired) electrons. The van der Waals surface area contributed by atoms with Crippen LogP contribution in [0.3, 0.4) is 0 Å². The summed E-state index contributed by atoms with van der Waals surface area (Å²) >= 11 is 17.1. The maximum atomic E-state index is 6.15. The summed E-state index contributed by atoms with van der Waals surface area (Å²) in [4.78, 5) is 9.28. The molecular weight excluding hydrogens is 369 g/mol. The van der Waals surface area contributed by atoms with Gasteiger partial charge in [-0.2, -0.15) is 0 Å². The molecule has 2 aromatic rings. The normalized spacial score (nSPS) is 10.5. The number of nitrogens with one attached hydrogen (secondary N) is 1. The van der Waals surface area contributed by atoms with Gasteiger partial charge in [0.15, 0.2) is 0 Å². The highest BCUT2D eigenvalue weighted by Gasteiger charge is 2.11. The molecule has 0 saturated heterocycles. The minimum Gasteiger partial charge on any atom is -0.369 e. The fraction of sp³-hybridized carbons (Fsp3) is 0.167. The van der Waals surface area contributed by atoms with Crippen LogP contribution in [-0.4, -0.2) is 16.5 Å². The number of benzene rings is 1. The van der Waals surface area contributed by atoms with Gasteiger partial charge in [-0.25, -0.2) is 9.97 Å². The maximum absolute atomic E-state index is 6.15. The van der Waals surface area contributed by atoms with Crippen molar-refractivity contribution < 1.29 is 0 Å². The zero-order valence-corrected chi connectivity index (χ0v) is 13.9. The van der Waals surface area contributed by atoms with E-state index >= 15 is 0 Å². The molecular formula is C12H10BrCl2N3S. The highest BCUT2D eigenvalue weighted by molar-refractivity contribution is 9.10. The van der Waals surface area contributed by atoms with Gasteiger partial charge in [0.05, 0.1) is 9.50 Å². The van der Waals surface area contributed by atoms with E-state index in [4.69, 9.17) is 23.2 Å². The number of rotatable bonds is 4. The molecule has 3 nitrogen and oxygen atoms in total. The van der Waals surface area contributed by atoms with Crippen molar-refractivity contribution in [2.45, 2.75) is 16.8 Å². The van der Waals surface area contributed by atoms with Crippen molar-refractivity contribution in [3.63, 3.8) is 0 Å². The Balaban J connectivity index is 2.33. The lowest BCUT2D eigenvalue weighted by Crippen LogP contribution is -2.01. The van der Waals surface area contributed by atoms with Crippen molar-refractivity contribution in [3.8, 4) is 0 Å². The average molecular weight is 379 g/mol. The molecule has 0 atom stereocenters. The van der Waals surface area contributed by atoms with Crippen LogP contribution in [0.1, 0.15) is 6.92 Å². The highest BCUT2D eigenvalue weighted by atomic mass is 79.9. The average Bonchev–Trinajstić information content (AvgIpc) is 2.39. The summed E-state index contributed by atoms with van der Waals surface area (Å²) in [6.07, 6.45) is 1.52. The maximum Gasteiger partial charge on any atom is 0.144 e. The van der Waals surface area contributed by atoms with Crippen molar-refractivity contribution in [1.82, 2.24) is 9.97 Å². The molecule has 0 bridgehead atoms. The summed E-state index contributed by atoms with van der Waals surface area (Å²) in [6.45, 7) is 2.80. The molecule has 2 rings (SSSR count). The van der Waals surface area contributed by atoms with Gasteiger partial charge in [0, 0.05) is 16.5 Å². The predicted octanol–water partition coefficient (Wildman–Crippen LogP) is 5.13. The predicted molar refractivity (Wildman–Crippen MR) is 84.5 cm³/mol. The van der Waals surface area contributed by atoms with Gasteiger partial charge >= 0.3 is 0 Å². The summed E-state index contributed by atoms with van der Waals surface area (Å²) in [5.41, 5.74) is 0. The minimum atomic E-state index is 0.643. The van der Waals surface area contributed by atoms with Gasteiger partial charge in [0.2, 0.25) is 0 Å². The fourth-order valence-corrected chi connectivity index (χ4v) is 3.28. The number of hydrogen-bond donors (Lipinski definition) is 1. The second kappa shape index (κ2) is 6.79. The lowest BCUT2D eigenvalue weighted by molar-refractivity contribution is 1.01. The Labute approximate surface area is 134 Å². The van der Waals surface area contributed by atoms with E-state index in [1.807, 2.05) is 13.0 Å². The van der Waals surface area contributed by atoms with Crippen LogP contribution in [0.2, 0.25) is 10.0 Å². The third-order valence-corrected chi connectivity index (χ3v) is 4.95. The molecule has 0 fully saturated rings. The summed E-state index contributed by atoms with van der Waals surface area (Å²) in [6, 6.07) is 5.34. The van der Waals surface area contributed by atoms with Crippen molar-refractivity contribution in [3.05, 3.63) is 39.0 Å². The molecule has 1 aromatic carbocycles. The van der Waals surface area contributed by atoms with Crippen LogP contribution in [0.15, 0.2) is 38.9 Å². The topological polar surface area (TPSA) is 37.8 Å². The first-order chi connectivity index (χ1) is 9.11. The summed E-state index contributed by atoms with van der Waals surface area (Å²) < 4.78 is 0.817. The molecule has 0 aliphatic rings. The number of aromatic nitrogens is 2. The molecule has 0 aliphatic heterocycles. The van der Waals surface area contributed by atoms with Crippen molar-refractivity contribution in [2.24, 2.45) is 0 Å². The van der Waals surface area contributed by atoms with E-state index < -0.39 is 0 Å². The second-order valence-corrected chi connectivity index (χ2v) is 6.22. The van der Waals surface area contributed by atoms with Gasteiger partial charge in [-0.3, -0.25) is 0 Å². The molecule has 1 aromatic heterocycles. The first-order valence-electron chi connectivity index (χ1n) is 5.49. The van der Waals surface area contributed by atoms with E-state index in [0.29, 0.717) is 10.0 Å². The fourth-order valence-electron chi connectivity index (χ4n) is 1.38. The molecule has 0 saturated carbocycles. The summed E-state index contributed by atoms with van der Waals surface area (Å²) in [5.74, 6) is 0.762. The van der Waals surface area contributed by atoms with E-state index in [1.54, 1.807) is 12.1 Å². The molecule has 0 unspecified atom stereocenters. The van der Waals surface area contributed by atoms with Crippen LogP contribution in [0, 0.1) is 0 Å². The van der Waals surface area contributed by atoms with Gasteiger partial charge in [-0.15, -0.1) is 0 Å².